The van der Waals surface area contributed by atoms with Crippen LogP contribution in [0.25, 0.3) is 0 Å². The van der Waals surface area contributed by atoms with Gasteiger partial charge in [-0.15, -0.1) is 0 Å². The van der Waals surface area contributed by atoms with Crippen LogP contribution in [0.4, 0.5) is 17.2 Å². The van der Waals surface area contributed by atoms with Gasteiger partial charge < -0.3 is 19.8 Å². The number of hydrogen-bond donors (Lipinski definition) is 2. The SMILES string of the molecule is CCOC(=O)c1ccccc1Nc1ccc(NC(=O)c2ccco2)cn1. The highest BCUT2D eigenvalue weighted by Gasteiger charge is 2.13. The lowest BCUT2D eigenvalue weighted by atomic mass is 10.2. The minimum Gasteiger partial charge on any atom is -0.462 e. The zero-order valence-electron chi connectivity index (χ0n) is 14.1. The number of nitrogens with zero attached hydrogens (tertiary/aromatic N) is 1. The van der Waals surface area contributed by atoms with Crippen molar-refractivity contribution in [1.82, 2.24) is 4.98 Å². The number of para-hydroxylation sites is 1. The Morgan fingerprint density at radius 1 is 1.12 bits per heavy atom. The summed E-state index contributed by atoms with van der Waals surface area (Å²) in [7, 11) is 0. The van der Waals surface area contributed by atoms with E-state index in [9.17, 15) is 9.59 Å². The molecule has 0 aliphatic heterocycles. The second-order valence-corrected chi connectivity index (χ2v) is 5.25. The highest BCUT2D eigenvalue weighted by Crippen LogP contribution is 2.21. The lowest BCUT2D eigenvalue weighted by Gasteiger charge is -2.11. The van der Waals surface area contributed by atoms with E-state index < -0.39 is 5.97 Å². The van der Waals surface area contributed by atoms with Gasteiger partial charge >= 0.3 is 5.97 Å². The number of rotatable bonds is 6. The molecule has 0 saturated carbocycles. The summed E-state index contributed by atoms with van der Waals surface area (Å²) in [5.74, 6) is -0.0172. The first-order valence-electron chi connectivity index (χ1n) is 8.01. The summed E-state index contributed by atoms with van der Waals surface area (Å²) >= 11 is 0. The van der Waals surface area contributed by atoms with Crippen molar-refractivity contribution in [2.45, 2.75) is 6.92 Å². The molecule has 26 heavy (non-hydrogen) atoms. The number of hydrogen-bond acceptors (Lipinski definition) is 6. The standard InChI is InChI=1S/C19H17N3O4/c1-2-25-19(24)14-6-3-4-7-15(14)22-17-10-9-13(12-20-17)21-18(23)16-8-5-11-26-16/h3-12H,2H2,1H3,(H,20,22)(H,21,23). The first-order chi connectivity index (χ1) is 12.7. The van der Waals surface area contributed by atoms with E-state index in [0.29, 0.717) is 29.4 Å². The Morgan fingerprint density at radius 2 is 1.96 bits per heavy atom. The highest BCUT2D eigenvalue weighted by molar-refractivity contribution is 6.02. The third-order valence-corrected chi connectivity index (χ3v) is 3.45. The Balaban J connectivity index is 1.70. The number of amides is 1. The zero-order valence-corrected chi connectivity index (χ0v) is 14.1. The average Bonchev–Trinajstić information content (AvgIpc) is 3.19. The summed E-state index contributed by atoms with van der Waals surface area (Å²) in [6, 6.07) is 13.6. The maximum atomic E-state index is 12.0. The van der Waals surface area contributed by atoms with Gasteiger partial charge in [-0.2, -0.15) is 0 Å². The number of carbonyl (C=O) groups is 2. The smallest absolute Gasteiger partial charge is 0.340 e. The van der Waals surface area contributed by atoms with Crippen LogP contribution in [0.15, 0.2) is 65.4 Å². The fourth-order valence-corrected chi connectivity index (χ4v) is 2.26. The van der Waals surface area contributed by atoms with E-state index in [2.05, 4.69) is 15.6 Å². The number of aromatic nitrogens is 1. The molecule has 0 aliphatic rings. The van der Waals surface area contributed by atoms with Gasteiger partial charge in [-0.25, -0.2) is 9.78 Å². The maximum absolute atomic E-state index is 12.0. The molecule has 0 fully saturated rings. The van der Waals surface area contributed by atoms with Crippen molar-refractivity contribution in [2.75, 3.05) is 17.2 Å². The van der Waals surface area contributed by atoms with Gasteiger partial charge in [0.05, 0.1) is 36.0 Å². The average molecular weight is 351 g/mol. The van der Waals surface area contributed by atoms with E-state index in [-0.39, 0.29) is 11.7 Å². The molecule has 0 spiro atoms. The van der Waals surface area contributed by atoms with Gasteiger partial charge in [-0.05, 0) is 43.3 Å². The number of nitrogens with one attached hydrogen (secondary N) is 2. The molecule has 7 heteroatoms. The van der Waals surface area contributed by atoms with Crippen LogP contribution in [0.1, 0.15) is 27.8 Å². The van der Waals surface area contributed by atoms with Gasteiger partial charge in [-0.1, -0.05) is 12.1 Å². The van der Waals surface area contributed by atoms with Crippen LogP contribution in [-0.2, 0) is 4.74 Å². The molecule has 2 aromatic heterocycles. The summed E-state index contributed by atoms with van der Waals surface area (Å²) in [4.78, 5) is 28.2. The van der Waals surface area contributed by atoms with E-state index >= 15 is 0 Å². The number of carbonyl (C=O) groups excluding carboxylic acids is 2. The molecule has 0 saturated heterocycles. The van der Waals surface area contributed by atoms with E-state index in [1.165, 1.54) is 12.5 Å². The van der Waals surface area contributed by atoms with Crippen LogP contribution >= 0.6 is 0 Å². The lowest BCUT2D eigenvalue weighted by Crippen LogP contribution is -2.11. The summed E-state index contributed by atoms with van der Waals surface area (Å²) in [6.45, 7) is 2.06. The van der Waals surface area contributed by atoms with Gasteiger partial charge in [0.25, 0.3) is 5.91 Å². The van der Waals surface area contributed by atoms with Crippen molar-refractivity contribution in [3.8, 4) is 0 Å². The van der Waals surface area contributed by atoms with Gasteiger partial charge in [0, 0.05) is 0 Å². The van der Waals surface area contributed by atoms with Crippen LogP contribution in [0, 0.1) is 0 Å². The van der Waals surface area contributed by atoms with Gasteiger partial charge in [0.15, 0.2) is 5.76 Å². The summed E-state index contributed by atoms with van der Waals surface area (Å²) in [6.07, 6.45) is 2.94. The van der Waals surface area contributed by atoms with Gasteiger partial charge in [0.1, 0.15) is 5.82 Å². The molecule has 0 atom stereocenters. The van der Waals surface area contributed by atoms with E-state index in [1.807, 2.05) is 6.07 Å². The summed E-state index contributed by atoms with van der Waals surface area (Å²) in [5, 5.41) is 5.76. The molecule has 0 radical (unpaired) electrons. The fraction of sp³-hybridized carbons (Fsp3) is 0.105. The Bertz CT molecular complexity index is 889. The van der Waals surface area contributed by atoms with Crippen LogP contribution in [-0.4, -0.2) is 23.5 Å². The number of benzene rings is 1. The number of pyridine rings is 1. The second-order valence-electron chi connectivity index (χ2n) is 5.25. The Hall–Kier alpha value is -3.61. The Kier molecular flexibility index (Phi) is 5.28. The first kappa shape index (κ1) is 17.2. The van der Waals surface area contributed by atoms with Gasteiger partial charge in [-0.3, -0.25) is 4.79 Å². The van der Waals surface area contributed by atoms with E-state index in [0.717, 1.165) is 0 Å². The van der Waals surface area contributed by atoms with Crippen LogP contribution in [0.3, 0.4) is 0 Å². The van der Waals surface area contributed by atoms with Crippen LogP contribution in [0.2, 0.25) is 0 Å². The largest absolute Gasteiger partial charge is 0.462 e. The third-order valence-electron chi connectivity index (χ3n) is 3.45. The molecule has 0 aliphatic carbocycles. The Morgan fingerprint density at radius 3 is 2.65 bits per heavy atom. The maximum Gasteiger partial charge on any atom is 0.340 e. The number of esters is 1. The molecule has 1 aromatic carbocycles. The number of ether oxygens (including phenoxy) is 1. The van der Waals surface area contributed by atoms with Crippen molar-refractivity contribution < 1.29 is 18.7 Å². The van der Waals surface area contributed by atoms with Crippen molar-refractivity contribution in [2.24, 2.45) is 0 Å². The van der Waals surface area contributed by atoms with Crippen LogP contribution < -0.4 is 10.6 Å². The fourth-order valence-electron chi connectivity index (χ4n) is 2.26. The minimum atomic E-state index is -0.405. The van der Waals surface area contributed by atoms with Crippen molar-refractivity contribution >= 4 is 29.1 Å². The predicted octanol–water partition coefficient (Wildman–Crippen LogP) is 3.85. The predicted molar refractivity (Wildman–Crippen MR) is 96.6 cm³/mol. The molecule has 0 unspecified atom stereocenters. The summed E-state index contributed by atoms with van der Waals surface area (Å²) < 4.78 is 10.1. The van der Waals surface area contributed by atoms with Crippen molar-refractivity contribution in [3.63, 3.8) is 0 Å². The van der Waals surface area contributed by atoms with Crippen LogP contribution in [0.5, 0.6) is 0 Å². The quantitative estimate of drug-likeness (QED) is 0.655. The first-order valence-corrected chi connectivity index (χ1v) is 8.01. The Labute approximate surface area is 150 Å². The molecular weight excluding hydrogens is 334 g/mol. The van der Waals surface area contributed by atoms with Crippen molar-refractivity contribution in [3.05, 3.63) is 72.3 Å². The molecule has 2 heterocycles. The normalized spacial score (nSPS) is 10.2. The van der Waals surface area contributed by atoms with E-state index in [4.69, 9.17) is 9.15 Å². The van der Waals surface area contributed by atoms with Gasteiger partial charge in [0.2, 0.25) is 0 Å². The molecule has 3 aromatic rings. The minimum absolute atomic E-state index is 0.218. The molecule has 0 bridgehead atoms. The molecule has 132 valence electrons. The second kappa shape index (κ2) is 7.98. The topological polar surface area (TPSA) is 93.5 Å². The van der Waals surface area contributed by atoms with Crippen molar-refractivity contribution in [1.29, 1.82) is 0 Å². The number of furan rings is 1. The molecule has 7 nitrogen and oxygen atoms in total. The zero-order chi connectivity index (χ0) is 18.4. The number of anilines is 3. The lowest BCUT2D eigenvalue weighted by molar-refractivity contribution is 0.0527. The highest BCUT2D eigenvalue weighted by atomic mass is 16.5. The molecule has 1 amide bonds. The monoisotopic (exact) mass is 351 g/mol. The van der Waals surface area contributed by atoms with E-state index in [1.54, 1.807) is 49.4 Å². The molecular formula is C19H17N3O4. The third kappa shape index (κ3) is 4.07. The summed E-state index contributed by atoms with van der Waals surface area (Å²) in [5.41, 5.74) is 1.53. The molecule has 3 rings (SSSR count). The molecule has 2 N–H and O–H groups in total.